The van der Waals surface area contributed by atoms with E-state index in [2.05, 4.69) is 57.2 Å². The quantitative estimate of drug-likeness (QED) is 0.0261. The van der Waals surface area contributed by atoms with E-state index in [4.69, 9.17) is 14.2 Å². The molecule has 0 aromatic heterocycles. The molecule has 0 aliphatic rings. The Labute approximate surface area is 480 Å². The average molecular weight is 1080 g/mol. The number of rotatable bonds is 64. The lowest BCUT2D eigenvalue weighted by atomic mass is 10.0. The van der Waals surface area contributed by atoms with Gasteiger partial charge in [-0.2, -0.15) is 0 Å². The summed E-state index contributed by atoms with van der Waals surface area (Å²) in [7, 11) is 0. The molecular weight excluding hydrogens is 949 g/mol. The third-order valence-corrected chi connectivity index (χ3v) is 15.6. The highest BCUT2D eigenvalue weighted by molar-refractivity contribution is 5.71. The first kappa shape index (κ1) is 74.6. The van der Waals surface area contributed by atoms with Crippen molar-refractivity contribution in [1.82, 2.24) is 0 Å². The highest BCUT2D eigenvalue weighted by Gasteiger charge is 2.19. The second kappa shape index (κ2) is 66.1. The molecule has 0 radical (unpaired) electrons. The van der Waals surface area contributed by atoms with Crippen LogP contribution in [-0.2, 0) is 28.6 Å². The van der Waals surface area contributed by atoms with E-state index in [0.717, 1.165) is 83.5 Å². The Hall–Kier alpha value is -2.37. The van der Waals surface area contributed by atoms with Crippen LogP contribution in [0.1, 0.15) is 380 Å². The van der Waals surface area contributed by atoms with Gasteiger partial charge in [-0.05, 0) is 70.6 Å². The van der Waals surface area contributed by atoms with E-state index >= 15 is 0 Å². The second-order valence-corrected chi connectivity index (χ2v) is 23.4. The summed E-state index contributed by atoms with van der Waals surface area (Å²) in [5.74, 6) is -0.860. The third-order valence-electron chi connectivity index (χ3n) is 15.6. The topological polar surface area (TPSA) is 78.9 Å². The molecule has 0 amide bonds. The van der Waals surface area contributed by atoms with Crippen molar-refractivity contribution in [3.63, 3.8) is 0 Å². The highest BCUT2D eigenvalue weighted by Crippen LogP contribution is 2.18. The molecule has 0 rings (SSSR count). The first-order valence-electron chi connectivity index (χ1n) is 34.5. The number of carbonyl (C=O) groups is 3. The van der Waals surface area contributed by atoms with Gasteiger partial charge in [-0.25, -0.2) is 0 Å². The standard InChI is InChI=1S/C71H132O6/c1-4-7-10-13-16-19-22-25-27-29-31-33-34-35-36-38-39-41-43-46-49-52-55-58-61-64-70(73)76-67-68(66-75-69(72)63-60-57-54-51-48-45-24-21-18-15-12-9-6-3)77-71(74)65-62-59-56-53-50-47-44-42-40-37-32-30-28-26-23-20-17-14-11-8-5-2/h12,15,21,24,29,31,68H,4-11,13-14,16-20,22-23,25-28,30,32-67H2,1-3H3/b15-12-,24-21-,31-29-. The fourth-order valence-corrected chi connectivity index (χ4v) is 10.4. The van der Waals surface area contributed by atoms with Crippen LogP contribution in [-0.4, -0.2) is 37.2 Å². The molecule has 0 bridgehead atoms. The zero-order valence-corrected chi connectivity index (χ0v) is 52.0. The molecule has 0 N–H and O–H groups in total. The van der Waals surface area contributed by atoms with Crippen LogP contribution in [0.4, 0.5) is 0 Å². The molecule has 6 nitrogen and oxygen atoms in total. The molecule has 1 atom stereocenters. The minimum absolute atomic E-state index is 0.0720. The van der Waals surface area contributed by atoms with Crippen LogP contribution < -0.4 is 0 Å². The molecule has 77 heavy (non-hydrogen) atoms. The number of hydrogen-bond donors (Lipinski definition) is 0. The SMILES string of the molecule is CCC/C=C\C/C=C\CCCCCCCC(=O)OCC(COC(=O)CCCCCCCCCCCCCCC/C=C\CCCCCCCCCC)OC(=O)CCCCCCCCCCCCCCCCCCCCCCC. The molecule has 0 heterocycles. The summed E-state index contributed by atoms with van der Waals surface area (Å²) in [5.41, 5.74) is 0. The van der Waals surface area contributed by atoms with E-state index in [1.807, 2.05) is 0 Å². The van der Waals surface area contributed by atoms with Crippen molar-refractivity contribution in [2.24, 2.45) is 0 Å². The zero-order valence-electron chi connectivity index (χ0n) is 52.0. The van der Waals surface area contributed by atoms with Crippen molar-refractivity contribution in [2.45, 2.75) is 386 Å². The Morgan fingerprint density at radius 2 is 0.494 bits per heavy atom. The fraction of sp³-hybridized carbons (Fsp3) is 0.873. The molecule has 6 heteroatoms. The van der Waals surface area contributed by atoms with Crippen LogP contribution in [0.3, 0.4) is 0 Å². The molecular formula is C71H132O6. The lowest BCUT2D eigenvalue weighted by Gasteiger charge is -2.18. The van der Waals surface area contributed by atoms with Crippen molar-refractivity contribution < 1.29 is 28.6 Å². The van der Waals surface area contributed by atoms with Gasteiger partial charge in [-0.15, -0.1) is 0 Å². The number of ether oxygens (including phenoxy) is 3. The van der Waals surface area contributed by atoms with Crippen LogP contribution in [0.5, 0.6) is 0 Å². The van der Waals surface area contributed by atoms with Crippen molar-refractivity contribution in [3.05, 3.63) is 36.5 Å². The van der Waals surface area contributed by atoms with Crippen LogP contribution in [0, 0.1) is 0 Å². The number of esters is 3. The minimum Gasteiger partial charge on any atom is -0.462 e. The highest BCUT2D eigenvalue weighted by atomic mass is 16.6. The van der Waals surface area contributed by atoms with E-state index < -0.39 is 6.10 Å². The van der Waals surface area contributed by atoms with Crippen LogP contribution >= 0.6 is 0 Å². The lowest BCUT2D eigenvalue weighted by Crippen LogP contribution is -2.30. The smallest absolute Gasteiger partial charge is 0.306 e. The van der Waals surface area contributed by atoms with Gasteiger partial charge in [-0.3, -0.25) is 14.4 Å². The van der Waals surface area contributed by atoms with Crippen molar-refractivity contribution in [1.29, 1.82) is 0 Å². The Morgan fingerprint density at radius 3 is 0.779 bits per heavy atom. The van der Waals surface area contributed by atoms with Gasteiger partial charge in [0.2, 0.25) is 0 Å². The maximum Gasteiger partial charge on any atom is 0.306 e. The van der Waals surface area contributed by atoms with Gasteiger partial charge in [0.25, 0.3) is 0 Å². The Kier molecular flexibility index (Phi) is 64.1. The first-order chi connectivity index (χ1) is 38.0. The number of unbranched alkanes of at least 4 members (excludes halogenated alkanes) is 47. The number of hydrogen-bond acceptors (Lipinski definition) is 6. The number of carbonyl (C=O) groups excluding carboxylic acids is 3. The molecule has 0 saturated heterocycles. The van der Waals surface area contributed by atoms with Crippen molar-refractivity contribution in [3.8, 4) is 0 Å². The largest absolute Gasteiger partial charge is 0.462 e. The summed E-state index contributed by atoms with van der Waals surface area (Å²) in [6, 6.07) is 0. The number of allylic oxidation sites excluding steroid dienone is 6. The summed E-state index contributed by atoms with van der Waals surface area (Å²) in [5, 5.41) is 0. The van der Waals surface area contributed by atoms with E-state index in [9.17, 15) is 14.4 Å². The van der Waals surface area contributed by atoms with Crippen LogP contribution in [0.15, 0.2) is 36.5 Å². The summed E-state index contributed by atoms with van der Waals surface area (Å²) in [4.78, 5) is 38.4. The predicted octanol–water partition coefficient (Wildman–Crippen LogP) is 23.6. The van der Waals surface area contributed by atoms with Gasteiger partial charge in [0, 0.05) is 19.3 Å². The molecule has 0 aromatic carbocycles. The maximum absolute atomic E-state index is 12.9. The molecule has 1 unspecified atom stereocenters. The molecule has 452 valence electrons. The summed E-state index contributed by atoms with van der Waals surface area (Å²) < 4.78 is 17.0. The second-order valence-electron chi connectivity index (χ2n) is 23.4. The van der Waals surface area contributed by atoms with E-state index in [0.29, 0.717) is 19.3 Å². The molecule has 0 saturated carbocycles. The van der Waals surface area contributed by atoms with Gasteiger partial charge >= 0.3 is 17.9 Å². The summed E-state index contributed by atoms with van der Waals surface area (Å²) in [6.07, 6.45) is 81.7. The Bertz CT molecular complexity index is 1290. The maximum atomic E-state index is 12.9. The zero-order chi connectivity index (χ0) is 55.7. The van der Waals surface area contributed by atoms with Gasteiger partial charge in [0.05, 0.1) is 0 Å². The summed E-state index contributed by atoms with van der Waals surface area (Å²) >= 11 is 0. The molecule has 0 fully saturated rings. The van der Waals surface area contributed by atoms with Gasteiger partial charge in [-0.1, -0.05) is 327 Å². The van der Waals surface area contributed by atoms with Gasteiger partial charge in [0.15, 0.2) is 6.10 Å². The first-order valence-corrected chi connectivity index (χ1v) is 34.5. The Morgan fingerprint density at radius 1 is 0.260 bits per heavy atom. The van der Waals surface area contributed by atoms with Crippen LogP contribution in [0.25, 0.3) is 0 Å². The van der Waals surface area contributed by atoms with E-state index in [-0.39, 0.29) is 31.1 Å². The van der Waals surface area contributed by atoms with Gasteiger partial charge in [0.1, 0.15) is 13.2 Å². The minimum atomic E-state index is -0.776. The average Bonchev–Trinajstić information content (AvgIpc) is 3.43. The monoisotopic (exact) mass is 1080 g/mol. The normalized spacial score (nSPS) is 12.2. The van der Waals surface area contributed by atoms with Crippen molar-refractivity contribution >= 4 is 17.9 Å². The van der Waals surface area contributed by atoms with E-state index in [1.165, 1.54) is 257 Å². The third kappa shape index (κ3) is 64.3. The molecule has 0 aliphatic heterocycles. The predicted molar refractivity (Wildman–Crippen MR) is 335 cm³/mol. The lowest BCUT2D eigenvalue weighted by molar-refractivity contribution is -0.167. The van der Waals surface area contributed by atoms with Crippen LogP contribution in [0.2, 0.25) is 0 Å². The van der Waals surface area contributed by atoms with E-state index in [1.54, 1.807) is 0 Å². The van der Waals surface area contributed by atoms with Crippen molar-refractivity contribution in [2.75, 3.05) is 13.2 Å². The molecule has 0 aliphatic carbocycles. The molecule has 0 aromatic rings. The fourth-order valence-electron chi connectivity index (χ4n) is 10.4. The molecule has 0 spiro atoms. The summed E-state index contributed by atoms with van der Waals surface area (Å²) in [6.45, 7) is 6.64. The Balaban J connectivity index is 4.23. The van der Waals surface area contributed by atoms with Gasteiger partial charge < -0.3 is 14.2 Å².